The smallest absolute Gasteiger partial charge is 0.339 e. The van der Waals surface area contributed by atoms with Crippen molar-refractivity contribution < 1.29 is 16.8 Å². The summed E-state index contributed by atoms with van der Waals surface area (Å²) in [4.78, 5) is 0.773. The van der Waals surface area contributed by atoms with Crippen LogP contribution in [0.1, 0.15) is 11.1 Å². The van der Waals surface area contributed by atoms with Crippen LogP contribution in [0.2, 0.25) is 0 Å². The van der Waals surface area contributed by atoms with Gasteiger partial charge >= 0.3 is 10.1 Å². The number of aryl methyl sites for hydroxylation is 2. The Bertz CT molecular complexity index is 1100. The van der Waals surface area contributed by atoms with Gasteiger partial charge < -0.3 is 9.50 Å². The molecule has 2 N–H and O–H groups in total. The molecule has 3 rings (SSSR count). The van der Waals surface area contributed by atoms with Gasteiger partial charge in [-0.1, -0.05) is 41.5 Å². The van der Waals surface area contributed by atoms with E-state index in [-0.39, 0.29) is 17.3 Å². The van der Waals surface area contributed by atoms with Gasteiger partial charge in [-0.3, -0.25) is 0 Å². The molecule has 1 unspecified atom stereocenters. The second-order valence-corrected chi connectivity index (χ2v) is 9.30. The van der Waals surface area contributed by atoms with Crippen LogP contribution in [0, 0.1) is 13.8 Å². The summed E-state index contributed by atoms with van der Waals surface area (Å²) >= 11 is 0. The Kier molecular flexibility index (Phi) is 6.68. The Morgan fingerprint density at radius 1 is 0.897 bits per heavy atom. The molecular formula is C21H22N2O4S2. The summed E-state index contributed by atoms with van der Waals surface area (Å²) in [6.45, 7) is 4.08. The largest absolute Gasteiger partial charge is 0.379 e. The number of anilines is 1. The van der Waals surface area contributed by atoms with E-state index in [4.69, 9.17) is 4.18 Å². The zero-order valence-electron chi connectivity index (χ0n) is 16.1. The van der Waals surface area contributed by atoms with Crippen molar-refractivity contribution in [2.24, 2.45) is 0 Å². The first kappa shape index (κ1) is 21.0. The molecule has 0 amide bonds. The topological polar surface area (TPSA) is 84.5 Å². The van der Waals surface area contributed by atoms with Crippen LogP contribution in [0.5, 0.6) is 5.75 Å². The van der Waals surface area contributed by atoms with Crippen molar-refractivity contribution in [3.8, 4) is 5.75 Å². The molecule has 0 saturated heterocycles. The molecule has 0 fully saturated rings. The average molecular weight is 431 g/mol. The van der Waals surface area contributed by atoms with Crippen molar-refractivity contribution in [1.82, 2.24) is 4.72 Å². The minimum absolute atomic E-state index is 0.0941. The number of nitrogens with one attached hydrogen (secondary N) is 2. The molecule has 6 nitrogen and oxygen atoms in total. The Labute approximate surface area is 173 Å². The number of hydrogen-bond donors (Lipinski definition) is 2. The summed E-state index contributed by atoms with van der Waals surface area (Å²) in [6, 6.07) is 20.5. The lowest BCUT2D eigenvalue weighted by Crippen LogP contribution is -2.24. The standard InChI is InChI=1S/C21H22N2O4S2/c1-16-6-10-20(11-7-16)28(24)23-15-22-18-4-3-5-19(14-18)27-29(25,26)21-12-8-17(2)9-13-21/h3-14,22-23H,15H2,1-2H3. The van der Waals surface area contributed by atoms with Crippen molar-refractivity contribution in [3.63, 3.8) is 0 Å². The molecule has 0 aromatic heterocycles. The molecule has 152 valence electrons. The lowest BCUT2D eigenvalue weighted by molar-refractivity contribution is 0.486. The van der Waals surface area contributed by atoms with Crippen LogP contribution in [0.4, 0.5) is 5.69 Å². The minimum Gasteiger partial charge on any atom is -0.379 e. The molecule has 0 heterocycles. The van der Waals surface area contributed by atoms with E-state index in [1.165, 1.54) is 12.1 Å². The quantitative estimate of drug-likeness (QED) is 0.420. The van der Waals surface area contributed by atoms with Gasteiger partial charge in [0.2, 0.25) is 0 Å². The van der Waals surface area contributed by atoms with Crippen molar-refractivity contribution in [2.75, 3.05) is 12.0 Å². The maximum atomic E-state index is 12.4. The molecule has 0 aliphatic rings. The molecule has 0 bridgehead atoms. The summed E-state index contributed by atoms with van der Waals surface area (Å²) in [6.07, 6.45) is 0. The predicted octanol–water partition coefficient (Wildman–Crippen LogP) is 3.75. The van der Waals surface area contributed by atoms with Crippen LogP contribution < -0.4 is 14.2 Å². The van der Waals surface area contributed by atoms with E-state index in [1.54, 1.807) is 36.4 Å². The molecule has 3 aromatic rings. The second kappa shape index (κ2) is 9.21. The van der Waals surface area contributed by atoms with E-state index in [9.17, 15) is 12.6 Å². The fraction of sp³-hybridized carbons (Fsp3) is 0.143. The van der Waals surface area contributed by atoms with E-state index in [1.807, 2.05) is 38.1 Å². The fourth-order valence-corrected chi connectivity index (χ4v) is 4.16. The zero-order chi connectivity index (χ0) is 20.9. The Morgan fingerprint density at radius 3 is 2.17 bits per heavy atom. The number of benzene rings is 3. The molecule has 0 radical (unpaired) electrons. The summed E-state index contributed by atoms with van der Waals surface area (Å²) in [5.74, 6) is 0.190. The minimum atomic E-state index is -3.91. The first-order chi connectivity index (χ1) is 13.8. The molecule has 8 heteroatoms. The summed E-state index contributed by atoms with van der Waals surface area (Å²) in [5, 5.41) is 3.05. The Hall–Kier alpha value is -2.68. The van der Waals surface area contributed by atoms with Gasteiger partial charge in [-0.05, 0) is 50.2 Å². The zero-order valence-corrected chi connectivity index (χ0v) is 17.7. The van der Waals surface area contributed by atoms with E-state index >= 15 is 0 Å². The van der Waals surface area contributed by atoms with E-state index < -0.39 is 21.1 Å². The van der Waals surface area contributed by atoms with Gasteiger partial charge in [0.25, 0.3) is 0 Å². The highest BCUT2D eigenvalue weighted by Gasteiger charge is 2.16. The maximum absolute atomic E-state index is 12.4. The van der Waals surface area contributed by atoms with Crippen molar-refractivity contribution in [2.45, 2.75) is 23.6 Å². The highest BCUT2D eigenvalue weighted by atomic mass is 32.2. The van der Waals surface area contributed by atoms with Gasteiger partial charge in [-0.25, -0.2) is 8.93 Å². The van der Waals surface area contributed by atoms with Gasteiger partial charge in [0.05, 0.1) is 11.6 Å². The molecule has 1 atom stereocenters. The summed E-state index contributed by atoms with van der Waals surface area (Å²) < 4.78 is 45.2. The van der Waals surface area contributed by atoms with E-state index in [0.717, 1.165) is 11.1 Å². The van der Waals surface area contributed by atoms with Gasteiger partial charge in [0, 0.05) is 11.8 Å². The molecule has 0 aliphatic heterocycles. The predicted molar refractivity (Wildman–Crippen MR) is 115 cm³/mol. The third-order valence-electron chi connectivity index (χ3n) is 4.08. The van der Waals surface area contributed by atoms with Gasteiger partial charge in [-0.15, -0.1) is 0 Å². The first-order valence-electron chi connectivity index (χ1n) is 8.90. The van der Waals surface area contributed by atoms with Crippen molar-refractivity contribution >= 4 is 26.8 Å². The average Bonchev–Trinajstić information content (AvgIpc) is 2.69. The van der Waals surface area contributed by atoms with Crippen molar-refractivity contribution in [3.05, 3.63) is 83.9 Å². The Balaban J connectivity index is 1.60. The highest BCUT2D eigenvalue weighted by molar-refractivity contribution is 7.87. The monoisotopic (exact) mass is 430 g/mol. The lowest BCUT2D eigenvalue weighted by atomic mass is 10.2. The molecule has 0 saturated carbocycles. The van der Waals surface area contributed by atoms with Gasteiger partial charge in [-0.2, -0.15) is 8.42 Å². The third kappa shape index (κ3) is 5.90. The van der Waals surface area contributed by atoms with Crippen LogP contribution in [0.15, 0.2) is 82.6 Å². The molecule has 29 heavy (non-hydrogen) atoms. The van der Waals surface area contributed by atoms with Crippen LogP contribution in [0.3, 0.4) is 0 Å². The van der Waals surface area contributed by atoms with Crippen LogP contribution in [0.25, 0.3) is 0 Å². The van der Waals surface area contributed by atoms with Crippen LogP contribution in [-0.4, -0.2) is 19.3 Å². The van der Waals surface area contributed by atoms with E-state index in [2.05, 4.69) is 10.0 Å². The van der Waals surface area contributed by atoms with Gasteiger partial charge in [0.1, 0.15) is 21.6 Å². The highest BCUT2D eigenvalue weighted by Crippen LogP contribution is 2.22. The molecule has 3 aromatic carbocycles. The fourth-order valence-electron chi connectivity index (χ4n) is 2.49. The summed E-state index contributed by atoms with van der Waals surface area (Å²) in [7, 11) is -5.27. The molecule has 0 aliphatic carbocycles. The molecule has 0 spiro atoms. The lowest BCUT2D eigenvalue weighted by Gasteiger charge is -2.11. The number of rotatable bonds is 8. The van der Waals surface area contributed by atoms with Crippen LogP contribution >= 0.6 is 0 Å². The third-order valence-corrected chi connectivity index (χ3v) is 6.45. The SMILES string of the molecule is Cc1ccc(S(=O)NCNc2cccc(OS(=O)(=O)c3ccc(C)cc3)c2)cc1. The normalized spacial score (nSPS) is 12.3. The van der Waals surface area contributed by atoms with Crippen LogP contribution in [-0.2, 0) is 21.1 Å². The maximum Gasteiger partial charge on any atom is 0.339 e. The number of hydrogen-bond acceptors (Lipinski definition) is 5. The first-order valence-corrected chi connectivity index (χ1v) is 11.5. The Morgan fingerprint density at radius 2 is 1.52 bits per heavy atom. The van der Waals surface area contributed by atoms with Crippen molar-refractivity contribution in [1.29, 1.82) is 0 Å². The molecular weight excluding hydrogens is 408 g/mol. The summed E-state index contributed by atoms with van der Waals surface area (Å²) in [5.41, 5.74) is 2.70. The van der Waals surface area contributed by atoms with Gasteiger partial charge in [0.15, 0.2) is 0 Å². The second-order valence-electron chi connectivity index (χ2n) is 6.46. The van der Waals surface area contributed by atoms with E-state index in [0.29, 0.717) is 10.6 Å².